The van der Waals surface area contributed by atoms with Crippen LogP contribution in [0.5, 0.6) is 0 Å². The molecule has 0 radical (unpaired) electrons. The highest BCUT2D eigenvalue weighted by atomic mass is 16.5. The lowest BCUT2D eigenvalue weighted by Gasteiger charge is -2.21. The Balaban J connectivity index is 3.67. The van der Waals surface area contributed by atoms with Gasteiger partial charge in [-0.1, -0.05) is 26.7 Å². The molecule has 3 heteroatoms. The van der Waals surface area contributed by atoms with Crippen LogP contribution < -0.4 is 5.73 Å². The van der Waals surface area contributed by atoms with Gasteiger partial charge in [0.1, 0.15) is 0 Å². The number of hydrogen-bond donors (Lipinski definition) is 1. The van der Waals surface area contributed by atoms with E-state index in [1.54, 1.807) is 7.11 Å². The zero-order chi connectivity index (χ0) is 12.9. The van der Waals surface area contributed by atoms with Crippen LogP contribution in [0.2, 0.25) is 0 Å². The lowest BCUT2D eigenvalue weighted by molar-refractivity contribution is 0.148. The Hall–Kier alpha value is -0.120. The minimum Gasteiger partial charge on any atom is -0.383 e. The average molecular weight is 244 g/mol. The Bertz CT molecular complexity index is 147. The van der Waals surface area contributed by atoms with Gasteiger partial charge >= 0.3 is 0 Å². The summed E-state index contributed by atoms with van der Waals surface area (Å²) in [5, 5.41) is 0. The Morgan fingerprint density at radius 3 is 2.41 bits per heavy atom. The van der Waals surface area contributed by atoms with Gasteiger partial charge < -0.3 is 15.4 Å². The van der Waals surface area contributed by atoms with Crippen molar-refractivity contribution in [3.05, 3.63) is 0 Å². The zero-order valence-electron chi connectivity index (χ0n) is 12.1. The third-order valence-corrected chi connectivity index (χ3v) is 3.42. The Morgan fingerprint density at radius 2 is 1.88 bits per heavy atom. The highest BCUT2D eigenvalue weighted by Crippen LogP contribution is 2.17. The SMILES string of the molecule is CCCC(CCN)CCCN(CC)CCOC. The van der Waals surface area contributed by atoms with Crippen LogP contribution in [0.4, 0.5) is 0 Å². The van der Waals surface area contributed by atoms with Crippen molar-refractivity contribution in [1.29, 1.82) is 0 Å². The van der Waals surface area contributed by atoms with E-state index in [-0.39, 0.29) is 0 Å². The molecule has 0 spiro atoms. The molecule has 0 saturated carbocycles. The van der Waals surface area contributed by atoms with E-state index in [1.165, 1.54) is 38.6 Å². The molecule has 1 unspecified atom stereocenters. The summed E-state index contributed by atoms with van der Waals surface area (Å²) in [7, 11) is 1.77. The smallest absolute Gasteiger partial charge is 0.0589 e. The molecule has 0 aliphatic carbocycles. The van der Waals surface area contributed by atoms with Crippen molar-refractivity contribution >= 4 is 0 Å². The van der Waals surface area contributed by atoms with E-state index < -0.39 is 0 Å². The van der Waals surface area contributed by atoms with Gasteiger partial charge in [-0.05, 0) is 44.8 Å². The predicted octanol–water partition coefficient (Wildman–Crippen LogP) is 2.50. The van der Waals surface area contributed by atoms with Gasteiger partial charge in [-0.25, -0.2) is 0 Å². The summed E-state index contributed by atoms with van der Waals surface area (Å²) in [6, 6.07) is 0. The summed E-state index contributed by atoms with van der Waals surface area (Å²) in [6.45, 7) is 9.55. The fourth-order valence-corrected chi connectivity index (χ4v) is 2.33. The van der Waals surface area contributed by atoms with Crippen molar-refractivity contribution < 1.29 is 4.74 Å². The topological polar surface area (TPSA) is 38.5 Å². The van der Waals surface area contributed by atoms with E-state index in [0.29, 0.717) is 0 Å². The minimum absolute atomic E-state index is 0.839. The van der Waals surface area contributed by atoms with E-state index in [2.05, 4.69) is 18.7 Å². The van der Waals surface area contributed by atoms with Crippen LogP contribution >= 0.6 is 0 Å². The third kappa shape index (κ3) is 9.57. The number of rotatable bonds is 12. The summed E-state index contributed by atoms with van der Waals surface area (Å²) in [4.78, 5) is 2.47. The molecule has 0 saturated heterocycles. The van der Waals surface area contributed by atoms with Crippen molar-refractivity contribution in [2.24, 2.45) is 11.7 Å². The number of ether oxygens (including phenoxy) is 1. The van der Waals surface area contributed by atoms with Crippen LogP contribution in [0, 0.1) is 5.92 Å². The number of hydrogen-bond acceptors (Lipinski definition) is 3. The van der Waals surface area contributed by atoms with Crippen LogP contribution in [0.3, 0.4) is 0 Å². The summed E-state index contributed by atoms with van der Waals surface area (Å²) < 4.78 is 5.12. The maximum atomic E-state index is 5.66. The van der Waals surface area contributed by atoms with Crippen LogP contribution in [-0.4, -0.2) is 44.8 Å². The molecule has 2 N–H and O–H groups in total. The van der Waals surface area contributed by atoms with Crippen molar-refractivity contribution in [3.63, 3.8) is 0 Å². The van der Waals surface area contributed by atoms with Gasteiger partial charge in [0.2, 0.25) is 0 Å². The Kier molecular flexibility index (Phi) is 12.3. The van der Waals surface area contributed by atoms with E-state index in [0.717, 1.165) is 32.2 Å². The molecule has 0 aliphatic heterocycles. The number of nitrogens with zero attached hydrogens (tertiary/aromatic N) is 1. The van der Waals surface area contributed by atoms with Crippen molar-refractivity contribution in [3.8, 4) is 0 Å². The zero-order valence-corrected chi connectivity index (χ0v) is 12.1. The number of nitrogens with two attached hydrogens (primary N) is 1. The molecule has 0 amide bonds. The largest absolute Gasteiger partial charge is 0.383 e. The van der Waals surface area contributed by atoms with Gasteiger partial charge in [-0.2, -0.15) is 0 Å². The van der Waals surface area contributed by atoms with Gasteiger partial charge in [0.15, 0.2) is 0 Å². The molecule has 0 aliphatic rings. The van der Waals surface area contributed by atoms with E-state index in [9.17, 15) is 0 Å². The van der Waals surface area contributed by atoms with Crippen molar-refractivity contribution in [2.75, 3.05) is 39.9 Å². The molecule has 0 fully saturated rings. The quantitative estimate of drug-likeness (QED) is 0.573. The normalized spacial score (nSPS) is 13.2. The molecule has 0 aromatic rings. The Labute approximate surface area is 108 Å². The van der Waals surface area contributed by atoms with Gasteiger partial charge in [0.05, 0.1) is 6.61 Å². The van der Waals surface area contributed by atoms with Crippen molar-refractivity contribution in [2.45, 2.75) is 46.0 Å². The van der Waals surface area contributed by atoms with E-state index in [1.807, 2.05) is 0 Å². The summed E-state index contributed by atoms with van der Waals surface area (Å²) in [5.74, 6) is 0.839. The maximum absolute atomic E-state index is 5.66. The highest BCUT2D eigenvalue weighted by Gasteiger charge is 2.08. The molecule has 0 rings (SSSR count). The second-order valence-corrected chi connectivity index (χ2v) is 4.80. The van der Waals surface area contributed by atoms with Crippen molar-refractivity contribution in [1.82, 2.24) is 4.90 Å². The molecule has 0 heterocycles. The molecule has 0 aromatic heterocycles. The van der Waals surface area contributed by atoms with Crippen LogP contribution in [0.15, 0.2) is 0 Å². The fourth-order valence-electron chi connectivity index (χ4n) is 2.33. The minimum atomic E-state index is 0.839. The average Bonchev–Trinajstić information content (AvgIpc) is 2.34. The van der Waals surface area contributed by atoms with E-state index in [4.69, 9.17) is 10.5 Å². The van der Waals surface area contributed by atoms with Gasteiger partial charge in [0, 0.05) is 13.7 Å². The molecule has 17 heavy (non-hydrogen) atoms. The first-order valence-corrected chi connectivity index (χ1v) is 7.19. The summed E-state index contributed by atoms with van der Waals surface area (Å²) >= 11 is 0. The second-order valence-electron chi connectivity index (χ2n) is 4.80. The lowest BCUT2D eigenvalue weighted by Crippen LogP contribution is -2.28. The van der Waals surface area contributed by atoms with Gasteiger partial charge in [0.25, 0.3) is 0 Å². The molecule has 1 atom stereocenters. The van der Waals surface area contributed by atoms with Gasteiger partial charge in [-0.15, -0.1) is 0 Å². The first-order chi connectivity index (χ1) is 8.28. The maximum Gasteiger partial charge on any atom is 0.0589 e. The van der Waals surface area contributed by atoms with E-state index >= 15 is 0 Å². The molecular weight excluding hydrogens is 212 g/mol. The molecular formula is C14H32N2O. The monoisotopic (exact) mass is 244 g/mol. The Morgan fingerprint density at radius 1 is 1.12 bits per heavy atom. The first kappa shape index (κ1) is 16.9. The second kappa shape index (κ2) is 12.3. The number of methoxy groups -OCH3 is 1. The lowest BCUT2D eigenvalue weighted by atomic mass is 9.94. The highest BCUT2D eigenvalue weighted by molar-refractivity contribution is 4.62. The molecule has 0 bridgehead atoms. The summed E-state index contributed by atoms with van der Waals surface area (Å²) in [5.41, 5.74) is 5.66. The molecule has 3 nitrogen and oxygen atoms in total. The standard InChI is InChI=1S/C14H32N2O/c1-4-7-14(9-10-15)8-6-11-16(5-2)12-13-17-3/h14H,4-13,15H2,1-3H3. The third-order valence-electron chi connectivity index (χ3n) is 3.42. The summed E-state index contributed by atoms with van der Waals surface area (Å²) in [6.07, 6.45) is 6.43. The molecule has 104 valence electrons. The van der Waals surface area contributed by atoms with Crippen LogP contribution in [0.1, 0.15) is 46.0 Å². The predicted molar refractivity (Wildman–Crippen MR) is 75.3 cm³/mol. The first-order valence-electron chi connectivity index (χ1n) is 7.19. The van der Waals surface area contributed by atoms with Crippen LogP contribution in [-0.2, 0) is 4.74 Å². The van der Waals surface area contributed by atoms with Gasteiger partial charge in [-0.3, -0.25) is 0 Å². The molecule has 0 aromatic carbocycles. The fraction of sp³-hybridized carbons (Fsp3) is 1.00. The van der Waals surface area contributed by atoms with Crippen LogP contribution in [0.25, 0.3) is 0 Å². The number of likely N-dealkylation sites (N-methyl/N-ethyl adjacent to an activating group) is 1.